The Morgan fingerprint density at radius 1 is 1.02 bits per heavy atom. The second kappa shape index (κ2) is 13.4. The van der Waals surface area contributed by atoms with Crippen LogP contribution in [0.3, 0.4) is 0 Å². The maximum atomic E-state index is 14.1. The molecule has 0 bridgehead atoms. The number of anilines is 1. The van der Waals surface area contributed by atoms with E-state index in [9.17, 15) is 18.0 Å². The highest BCUT2D eigenvalue weighted by Crippen LogP contribution is 2.33. The van der Waals surface area contributed by atoms with Gasteiger partial charge in [-0.25, -0.2) is 8.42 Å². The van der Waals surface area contributed by atoms with Crippen molar-refractivity contribution in [3.8, 4) is 5.75 Å². The summed E-state index contributed by atoms with van der Waals surface area (Å²) in [5, 5.41) is 3.62. The molecule has 1 saturated carbocycles. The van der Waals surface area contributed by atoms with Gasteiger partial charge in [-0.15, -0.1) is 0 Å². The number of hydrogen-bond donors (Lipinski definition) is 1. The van der Waals surface area contributed by atoms with Crippen molar-refractivity contribution in [3.63, 3.8) is 0 Å². The van der Waals surface area contributed by atoms with Crippen LogP contribution in [0.25, 0.3) is 0 Å². The van der Waals surface area contributed by atoms with Crippen molar-refractivity contribution < 1.29 is 22.7 Å². The first-order valence-electron chi connectivity index (χ1n) is 13.7. The molecule has 0 heterocycles. The quantitative estimate of drug-likeness (QED) is 0.322. The molecule has 1 atom stereocenters. The van der Waals surface area contributed by atoms with Gasteiger partial charge in [-0.3, -0.25) is 13.9 Å². The smallest absolute Gasteiger partial charge is 0.264 e. The van der Waals surface area contributed by atoms with Crippen molar-refractivity contribution in [3.05, 3.63) is 88.9 Å². The summed E-state index contributed by atoms with van der Waals surface area (Å²) >= 11 is 6.08. The number of amides is 2. The Hall–Kier alpha value is -3.56. The van der Waals surface area contributed by atoms with E-state index in [1.54, 1.807) is 67.6 Å². The second-order valence-corrected chi connectivity index (χ2v) is 12.6. The lowest BCUT2D eigenvalue weighted by molar-refractivity contribution is -0.139. The van der Waals surface area contributed by atoms with Gasteiger partial charge in [0.25, 0.3) is 10.0 Å². The van der Waals surface area contributed by atoms with Crippen LogP contribution in [0.15, 0.2) is 77.7 Å². The number of benzene rings is 3. The molecule has 1 N–H and O–H groups in total. The molecule has 1 fully saturated rings. The number of rotatable bonds is 11. The second-order valence-electron chi connectivity index (χ2n) is 10.3. The third-order valence-corrected chi connectivity index (χ3v) is 9.37. The molecule has 0 unspecified atom stereocenters. The number of aryl methyl sites for hydroxylation is 1. The van der Waals surface area contributed by atoms with Crippen molar-refractivity contribution in [2.75, 3.05) is 18.0 Å². The third kappa shape index (κ3) is 7.40. The molecule has 1 aliphatic rings. The van der Waals surface area contributed by atoms with Crippen molar-refractivity contribution in [2.45, 2.75) is 63.1 Å². The Morgan fingerprint density at radius 3 is 2.32 bits per heavy atom. The minimum atomic E-state index is -4.19. The zero-order valence-electron chi connectivity index (χ0n) is 23.5. The fraction of sp³-hybridized carbons (Fsp3) is 0.355. The van der Waals surface area contributed by atoms with Crippen LogP contribution in [0.2, 0.25) is 5.02 Å². The van der Waals surface area contributed by atoms with Crippen LogP contribution in [0, 0.1) is 6.92 Å². The highest BCUT2D eigenvalue weighted by atomic mass is 35.5. The number of halogens is 1. The number of methoxy groups -OCH3 is 1. The zero-order valence-corrected chi connectivity index (χ0v) is 25.1. The lowest BCUT2D eigenvalue weighted by Crippen LogP contribution is -2.52. The van der Waals surface area contributed by atoms with Crippen LogP contribution < -0.4 is 14.4 Å². The topological polar surface area (TPSA) is 96.0 Å². The summed E-state index contributed by atoms with van der Waals surface area (Å²) in [5.41, 5.74) is 1.79. The average Bonchev–Trinajstić information content (AvgIpc) is 3.48. The van der Waals surface area contributed by atoms with Gasteiger partial charge in [0.1, 0.15) is 18.3 Å². The molecule has 1 aliphatic carbocycles. The highest BCUT2D eigenvalue weighted by molar-refractivity contribution is 7.92. The van der Waals surface area contributed by atoms with Crippen LogP contribution in [0.1, 0.15) is 43.7 Å². The van der Waals surface area contributed by atoms with E-state index in [0.717, 1.165) is 41.1 Å². The minimum absolute atomic E-state index is 0.0348. The molecule has 3 aromatic carbocycles. The lowest BCUT2D eigenvalue weighted by atomic mass is 10.1. The molecular weight excluding hydrogens is 562 g/mol. The SMILES string of the molecule is COc1ccc(C)cc1N(CC(=O)N(Cc1ccc(Cl)cc1)[C@H](C)C(=O)NC1CCCC1)S(=O)(=O)c1ccccc1. The Kier molecular flexibility index (Phi) is 9.94. The van der Waals surface area contributed by atoms with Gasteiger partial charge in [0.05, 0.1) is 17.7 Å². The number of carbonyl (C=O) groups excluding carboxylic acids is 2. The van der Waals surface area contributed by atoms with Gasteiger partial charge < -0.3 is 15.0 Å². The summed E-state index contributed by atoms with van der Waals surface area (Å²) in [6.45, 7) is 3.06. The minimum Gasteiger partial charge on any atom is -0.495 e. The normalized spacial score (nSPS) is 14.3. The van der Waals surface area contributed by atoms with Crippen LogP contribution in [-0.4, -0.2) is 50.9 Å². The highest BCUT2D eigenvalue weighted by Gasteiger charge is 2.34. The Balaban J connectivity index is 1.72. The number of carbonyl (C=O) groups is 2. The standard InChI is InChI=1S/C31H36ClN3O5S/c1-22-13-18-29(40-3)28(19-22)35(41(38,39)27-11-5-4-6-12-27)21-30(36)34(20-24-14-16-25(32)17-15-24)23(2)31(37)33-26-9-7-8-10-26/h4-6,11-19,23,26H,7-10,20-21H2,1-3H3,(H,33,37)/t23-/m1/s1. The largest absolute Gasteiger partial charge is 0.495 e. The van der Waals surface area contributed by atoms with Gasteiger partial charge in [-0.1, -0.05) is 60.8 Å². The van der Waals surface area contributed by atoms with Crippen LogP contribution in [0.4, 0.5) is 5.69 Å². The molecule has 8 nitrogen and oxygen atoms in total. The molecular formula is C31H36ClN3O5S. The van der Waals surface area contributed by atoms with Gasteiger partial charge in [0.2, 0.25) is 11.8 Å². The fourth-order valence-corrected chi connectivity index (χ4v) is 6.55. The molecule has 4 rings (SSSR count). The van der Waals surface area contributed by atoms with Crippen LogP contribution in [0.5, 0.6) is 5.75 Å². The molecule has 0 aromatic heterocycles. The molecule has 3 aromatic rings. The monoisotopic (exact) mass is 597 g/mol. The molecule has 10 heteroatoms. The fourth-order valence-electron chi connectivity index (χ4n) is 4.99. The van der Waals surface area contributed by atoms with Gasteiger partial charge in [-0.05, 0) is 74.2 Å². The van der Waals surface area contributed by atoms with E-state index < -0.39 is 28.5 Å². The average molecular weight is 598 g/mol. The van der Waals surface area contributed by atoms with Gasteiger partial charge in [-0.2, -0.15) is 0 Å². The van der Waals surface area contributed by atoms with Crippen molar-refractivity contribution >= 4 is 39.1 Å². The number of nitrogens with zero attached hydrogens (tertiary/aromatic N) is 2. The summed E-state index contributed by atoms with van der Waals surface area (Å²) in [6, 6.07) is 19.3. The first-order valence-corrected chi connectivity index (χ1v) is 15.5. The van der Waals surface area contributed by atoms with Crippen molar-refractivity contribution in [1.82, 2.24) is 10.2 Å². The lowest BCUT2D eigenvalue weighted by Gasteiger charge is -2.33. The first-order chi connectivity index (χ1) is 19.6. The van der Waals surface area contributed by atoms with Crippen molar-refractivity contribution in [2.24, 2.45) is 0 Å². The van der Waals surface area contributed by atoms with Crippen molar-refractivity contribution in [1.29, 1.82) is 0 Å². The summed E-state index contributed by atoms with van der Waals surface area (Å²) in [5.74, 6) is -0.499. The Morgan fingerprint density at radius 2 is 1.68 bits per heavy atom. The number of sulfonamides is 1. The zero-order chi connectivity index (χ0) is 29.6. The molecule has 0 radical (unpaired) electrons. The van der Waals surface area contributed by atoms with E-state index in [1.807, 2.05) is 6.92 Å². The molecule has 0 aliphatic heterocycles. The number of nitrogens with one attached hydrogen (secondary N) is 1. The van der Waals surface area contributed by atoms with Crippen LogP contribution >= 0.6 is 11.6 Å². The number of ether oxygens (including phenoxy) is 1. The summed E-state index contributed by atoms with van der Waals surface area (Å²) in [4.78, 5) is 28.9. The summed E-state index contributed by atoms with van der Waals surface area (Å²) in [7, 11) is -2.74. The van der Waals surface area contributed by atoms with E-state index in [0.29, 0.717) is 10.8 Å². The summed E-state index contributed by atoms with van der Waals surface area (Å²) in [6.07, 6.45) is 3.91. The van der Waals surface area contributed by atoms with E-state index in [4.69, 9.17) is 16.3 Å². The number of hydrogen-bond acceptors (Lipinski definition) is 5. The van der Waals surface area contributed by atoms with Gasteiger partial charge in [0, 0.05) is 17.6 Å². The predicted octanol–water partition coefficient (Wildman–Crippen LogP) is 5.33. The maximum Gasteiger partial charge on any atom is 0.264 e. The van der Waals surface area contributed by atoms with E-state index in [-0.39, 0.29) is 29.1 Å². The van der Waals surface area contributed by atoms with Gasteiger partial charge >= 0.3 is 0 Å². The van der Waals surface area contributed by atoms with Crippen LogP contribution in [-0.2, 0) is 26.2 Å². The van der Waals surface area contributed by atoms with E-state index in [2.05, 4.69) is 5.32 Å². The molecule has 41 heavy (non-hydrogen) atoms. The first kappa shape index (κ1) is 30.4. The third-order valence-electron chi connectivity index (χ3n) is 7.35. The van der Waals surface area contributed by atoms with Gasteiger partial charge in [0.15, 0.2) is 0 Å². The predicted molar refractivity (Wildman–Crippen MR) is 161 cm³/mol. The van der Waals surface area contributed by atoms with E-state index >= 15 is 0 Å². The molecule has 2 amide bonds. The molecule has 0 saturated heterocycles. The Bertz CT molecular complexity index is 1460. The maximum absolute atomic E-state index is 14.1. The molecule has 0 spiro atoms. The van der Waals surface area contributed by atoms with E-state index in [1.165, 1.54) is 24.1 Å². The Labute approximate surface area is 247 Å². The molecule has 218 valence electrons. The summed E-state index contributed by atoms with van der Waals surface area (Å²) < 4.78 is 34.6.